The number of hydrogen-bond acceptors (Lipinski definition) is 4. The van der Waals surface area contributed by atoms with Crippen molar-refractivity contribution in [3.8, 4) is 5.88 Å². The highest BCUT2D eigenvalue weighted by Gasteiger charge is 2.26. The average molecular weight is 238 g/mol. The second-order valence-electron chi connectivity index (χ2n) is 4.99. The maximum absolute atomic E-state index is 5.19. The van der Waals surface area contributed by atoms with Crippen molar-refractivity contribution in [3.05, 3.63) is 6.07 Å². The lowest BCUT2D eigenvalue weighted by atomic mass is 9.91. The Bertz CT molecular complexity index is 369. The molecule has 0 saturated carbocycles. The van der Waals surface area contributed by atoms with Crippen molar-refractivity contribution >= 4 is 5.82 Å². The molecule has 1 aliphatic heterocycles. The van der Waals surface area contributed by atoms with Crippen LogP contribution in [0.1, 0.15) is 26.2 Å². The lowest BCUT2D eigenvalue weighted by Crippen LogP contribution is -2.50. The third-order valence-corrected chi connectivity index (χ3v) is 3.41. The van der Waals surface area contributed by atoms with E-state index < -0.39 is 0 Å². The first-order chi connectivity index (χ1) is 8.13. The predicted octanol–water partition coefficient (Wildman–Crippen LogP) is 1.37. The van der Waals surface area contributed by atoms with Crippen molar-refractivity contribution in [2.24, 2.45) is 7.05 Å². The molecule has 0 aromatic carbocycles. The Morgan fingerprint density at radius 2 is 2.41 bits per heavy atom. The number of nitrogens with zero attached hydrogens (tertiary/aromatic N) is 2. The molecular formula is C12H22N4O. The van der Waals surface area contributed by atoms with Gasteiger partial charge in [0.2, 0.25) is 5.88 Å². The molecular weight excluding hydrogens is 216 g/mol. The van der Waals surface area contributed by atoms with Crippen LogP contribution in [0.25, 0.3) is 0 Å². The largest absolute Gasteiger partial charge is 0.481 e. The Balaban J connectivity index is 1.92. The fraction of sp³-hybridized carbons (Fsp3) is 0.750. The van der Waals surface area contributed by atoms with Gasteiger partial charge in [-0.25, -0.2) is 4.68 Å². The van der Waals surface area contributed by atoms with Crippen LogP contribution in [-0.4, -0.2) is 35.5 Å². The van der Waals surface area contributed by atoms with Crippen LogP contribution < -0.4 is 15.4 Å². The molecule has 1 unspecified atom stereocenters. The van der Waals surface area contributed by atoms with Gasteiger partial charge in [0.15, 0.2) is 5.82 Å². The minimum Gasteiger partial charge on any atom is -0.481 e. The Morgan fingerprint density at radius 1 is 1.59 bits per heavy atom. The molecule has 0 bridgehead atoms. The molecule has 2 rings (SSSR count). The Kier molecular flexibility index (Phi) is 3.57. The number of aryl methyl sites for hydroxylation is 1. The number of hydrogen-bond donors (Lipinski definition) is 2. The molecule has 17 heavy (non-hydrogen) atoms. The van der Waals surface area contributed by atoms with E-state index in [-0.39, 0.29) is 5.54 Å². The van der Waals surface area contributed by atoms with Crippen LogP contribution >= 0.6 is 0 Å². The van der Waals surface area contributed by atoms with Crippen molar-refractivity contribution in [3.63, 3.8) is 0 Å². The van der Waals surface area contributed by atoms with E-state index in [0.29, 0.717) is 0 Å². The van der Waals surface area contributed by atoms with Gasteiger partial charge in [0.1, 0.15) is 0 Å². The molecule has 1 aliphatic rings. The SMILES string of the molecule is COc1cc(NCC2(C)CCCCN2)nn1C. The normalized spacial score (nSPS) is 24.6. The summed E-state index contributed by atoms with van der Waals surface area (Å²) in [5, 5.41) is 11.3. The number of rotatable bonds is 4. The Morgan fingerprint density at radius 3 is 3.00 bits per heavy atom. The van der Waals surface area contributed by atoms with Gasteiger partial charge in [0.25, 0.3) is 0 Å². The lowest BCUT2D eigenvalue weighted by Gasteiger charge is -2.35. The van der Waals surface area contributed by atoms with E-state index >= 15 is 0 Å². The van der Waals surface area contributed by atoms with Crippen molar-refractivity contribution in [2.45, 2.75) is 31.7 Å². The van der Waals surface area contributed by atoms with Crippen molar-refractivity contribution in [2.75, 3.05) is 25.5 Å². The van der Waals surface area contributed by atoms with Crippen LogP contribution in [-0.2, 0) is 7.05 Å². The average Bonchev–Trinajstić information content (AvgIpc) is 2.68. The minimum absolute atomic E-state index is 0.184. The van der Waals surface area contributed by atoms with Gasteiger partial charge in [-0.1, -0.05) is 6.42 Å². The van der Waals surface area contributed by atoms with E-state index in [9.17, 15) is 0 Å². The van der Waals surface area contributed by atoms with Gasteiger partial charge >= 0.3 is 0 Å². The molecule has 5 nitrogen and oxygen atoms in total. The second-order valence-corrected chi connectivity index (χ2v) is 4.99. The smallest absolute Gasteiger partial charge is 0.213 e. The van der Waals surface area contributed by atoms with Crippen molar-refractivity contribution in [1.29, 1.82) is 0 Å². The topological polar surface area (TPSA) is 51.1 Å². The molecule has 0 radical (unpaired) electrons. The molecule has 1 aromatic heterocycles. The molecule has 1 aromatic rings. The van der Waals surface area contributed by atoms with Crippen molar-refractivity contribution in [1.82, 2.24) is 15.1 Å². The molecule has 1 fully saturated rings. The quantitative estimate of drug-likeness (QED) is 0.832. The first-order valence-electron chi connectivity index (χ1n) is 6.20. The fourth-order valence-corrected chi connectivity index (χ4v) is 2.28. The van der Waals surface area contributed by atoms with E-state index in [0.717, 1.165) is 24.8 Å². The summed E-state index contributed by atoms with van der Waals surface area (Å²) in [5.74, 6) is 1.65. The van der Waals surface area contributed by atoms with Crippen molar-refractivity contribution < 1.29 is 4.74 Å². The van der Waals surface area contributed by atoms with E-state index in [2.05, 4.69) is 22.7 Å². The number of piperidine rings is 1. The maximum Gasteiger partial charge on any atom is 0.213 e. The van der Waals surface area contributed by atoms with Crippen LogP contribution in [0.15, 0.2) is 6.07 Å². The molecule has 96 valence electrons. The molecule has 1 atom stereocenters. The molecule has 0 aliphatic carbocycles. The van der Waals surface area contributed by atoms with Crippen LogP contribution in [0.2, 0.25) is 0 Å². The van der Waals surface area contributed by atoms with Gasteiger partial charge in [0.05, 0.1) is 7.11 Å². The van der Waals surface area contributed by atoms with Crippen LogP contribution in [0.3, 0.4) is 0 Å². The predicted molar refractivity (Wildman–Crippen MR) is 68.5 cm³/mol. The zero-order valence-electron chi connectivity index (χ0n) is 10.9. The van der Waals surface area contributed by atoms with Gasteiger partial charge in [-0.2, -0.15) is 5.10 Å². The first-order valence-corrected chi connectivity index (χ1v) is 6.20. The fourth-order valence-electron chi connectivity index (χ4n) is 2.28. The number of anilines is 1. The monoisotopic (exact) mass is 238 g/mol. The molecule has 1 saturated heterocycles. The summed E-state index contributed by atoms with van der Waals surface area (Å²) in [5.41, 5.74) is 0.184. The highest BCUT2D eigenvalue weighted by atomic mass is 16.5. The summed E-state index contributed by atoms with van der Waals surface area (Å²) >= 11 is 0. The first kappa shape index (κ1) is 12.2. The van der Waals surface area contributed by atoms with Gasteiger partial charge in [-0.3, -0.25) is 0 Å². The summed E-state index contributed by atoms with van der Waals surface area (Å²) in [6.07, 6.45) is 3.80. The minimum atomic E-state index is 0.184. The summed E-state index contributed by atoms with van der Waals surface area (Å²) in [6, 6.07) is 1.92. The highest BCUT2D eigenvalue weighted by Crippen LogP contribution is 2.20. The zero-order chi connectivity index (χ0) is 12.3. The number of aromatic nitrogens is 2. The summed E-state index contributed by atoms with van der Waals surface area (Å²) < 4.78 is 6.92. The summed E-state index contributed by atoms with van der Waals surface area (Å²) in [7, 11) is 3.54. The van der Waals surface area contributed by atoms with Crippen LogP contribution in [0.4, 0.5) is 5.82 Å². The van der Waals surface area contributed by atoms with Crippen LogP contribution in [0, 0.1) is 0 Å². The van der Waals surface area contributed by atoms with E-state index in [1.165, 1.54) is 19.3 Å². The third-order valence-electron chi connectivity index (χ3n) is 3.41. The molecule has 0 amide bonds. The number of methoxy groups -OCH3 is 1. The van der Waals surface area contributed by atoms with Gasteiger partial charge in [0, 0.05) is 25.2 Å². The number of nitrogens with one attached hydrogen (secondary N) is 2. The van der Waals surface area contributed by atoms with Gasteiger partial charge < -0.3 is 15.4 Å². The van der Waals surface area contributed by atoms with Gasteiger partial charge in [-0.15, -0.1) is 0 Å². The van der Waals surface area contributed by atoms with Gasteiger partial charge in [-0.05, 0) is 26.3 Å². The zero-order valence-corrected chi connectivity index (χ0v) is 10.9. The van der Waals surface area contributed by atoms with E-state index in [1.807, 2.05) is 13.1 Å². The van der Waals surface area contributed by atoms with Crippen LogP contribution in [0.5, 0.6) is 5.88 Å². The molecule has 2 N–H and O–H groups in total. The molecule has 0 spiro atoms. The Labute approximate surface area is 103 Å². The molecule has 2 heterocycles. The third kappa shape index (κ3) is 2.91. The molecule has 5 heteroatoms. The summed E-state index contributed by atoms with van der Waals surface area (Å²) in [4.78, 5) is 0. The standard InChI is InChI=1S/C12H22N4O/c1-12(6-4-5-7-14-12)9-13-10-8-11(17-3)16(2)15-10/h8,14H,4-7,9H2,1-3H3,(H,13,15). The number of ether oxygens (including phenoxy) is 1. The Hall–Kier alpha value is -1.23. The summed E-state index contributed by atoms with van der Waals surface area (Å²) in [6.45, 7) is 4.27. The highest BCUT2D eigenvalue weighted by molar-refractivity contribution is 5.39. The second kappa shape index (κ2) is 4.96. The van der Waals surface area contributed by atoms with E-state index in [1.54, 1.807) is 11.8 Å². The van der Waals surface area contributed by atoms with E-state index in [4.69, 9.17) is 4.74 Å². The maximum atomic E-state index is 5.19. The lowest BCUT2D eigenvalue weighted by molar-refractivity contribution is 0.293.